The normalized spacial score (nSPS) is 11.6. The first-order chi connectivity index (χ1) is 11.5. The molecule has 0 spiro atoms. The van der Waals surface area contributed by atoms with Gasteiger partial charge in [0.05, 0.1) is 14.2 Å². The van der Waals surface area contributed by atoms with E-state index >= 15 is 0 Å². The van der Waals surface area contributed by atoms with Crippen molar-refractivity contribution in [2.75, 3.05) is 14.2 Å². The zero-order valence-electron chi connectivity index (χ0n) is 13.7. The summed E-state index contributed by atoms with van der Waals surface area (Å²) in [5, 5.41) is 8.96. The van der Waals surface area contributed by atoms with Gasteiger partial charge in [0.15, 0.2) is 5.78 Å². The Morgan fingerprint density at radius 2 is 1.42 bits per heavy atom. The summed E-state index contributed by atoms with van der Waals surface area (Å²) in [6, 6.07) is 14.0. The smallest absolute Gasteiger partial charge is 0.303 e. The van der Waals surface area contributed by atoms with Crippen molar-refractivity contribution in [2.24, 2.45) is 0 Å². The fourth-order valence-corrected chi connectivity index (χ4v) is 2.51. The summed E-state index contributed by atoms with van der Waals surface area (Å²) in [7, 11) is 3.13. The summed E-state index contributed by atoms with van der Waals surface area (Å²) < 4.78 is 10.2. The first kappa shape index (κ1) is 17.5. The summed E-state index contributed by atoms with van der Waals surface area (Å²) in [6.45, 7) is 0. The molecule has 0 aliphatic heterocycles. The molecule has 0 heterocycles. The zero-order valence-corrected chi connectivity index (χ0v) is 13.7. The number of benzene rings is 2. The number of carboxylic acid groups (broad SMARTS) is 1. The topological polar surface area (TPSA) is 72.8 Å². The Hall–Kier alpha value is -2.82. The highest BCUT2D eigenvalue weighted by atomic mass is 16.5. The molecule has 2 aromatic carbocycles. The molecule has 5 nitrogen and oxygen atoms in total. The van der Waals surface area contributed by atoms with Gasteiger partial charge in [0.25, 0.3) is 0 Å². The molecule has 0 aliphatic carbocycles. The Labute approximate surface area is 140 Å². The van der Waals surface area contributed by atoms with Crippen molar-refractivity contribution < 1.29 is 24.2 Å². The molecule has 0 radical (unpaired) electrons. The SMILES string of the molecule is COc1ccc(C(=O)C(CCC(=O)O)c2ccc(OC)cc2)cc1. The van der Waals surface area contributed by atoms with Crippen molar-refractivity contribution >= 4 is 11.8 Å². The van der Waals surface area contributed by atoms with Crippen LogP contribution in [0.5, 0.6) is 11.5 Å². The third-order valence-electron chi connectivity index (χ3n) is 3.86. The van der Waals surface area contributed by atoms with E-state index in [2.05, 4.69) is 0 Å². The molecule has 24 heavy (non-hydrogen) atoms. The van der Waals surface area contributed by atoms with Gasteiger partial charge in [0.1, 0.15) is 11.5 Å². The molecule has 0 aliphatic rings. The maximum Gasteiger partial charge on any atom is 0.303 e. The standard InChI is InChI=1S/C19H20O5/c1-23-15-7-3-13(4-8-15)17(11-12-18(20)21)19(22)14-5-9-16(24-2)10-6-14/h3-10,17H,11-12H2,1-2H3,(H,20,21). The molecule has 1 N–H and O–H groups in total. The maximum absolute atomic E-state index is 12.8. The lowest BCUT2D eigenvalue weighted by Gasteiger charge is -2.16. The van der Waals surface area contributed by atoms with Crippen LogP contribution in [0.2, 0.25) is 0 Å². The monoisotopic (exact) mass is 328 g/mol. The highest BCUT2D eigenvalue weighted by molar-refractivity contribution is 6.01. The first-order valence-electron chi connectivity index (χ1n) is 7.59. The number of aliphatic carboxylic acids is 1. The average Bonchev–Trinajstić information content (AvgIpc) is 2.62. The Morgan fingerprint density at radius 3 is 1.88 bits per heavy atom. The van der Waals surface area contributed by atoms with Crippen LogP contribution >= 0.6 is 0 Å². The second-order valence-corrected chi connectivity index (χ2v) is 5.35. The van der Waals surface area contributed by atoms with Crippen molar-refractivity contribution in [3.05, 3.63) is 59.7 Å². The highest BCUT2D eigenvalue weighted by Crippen LogP contribution is 2.28. The van der Waals surface area contributed by atoms with Crippen LogP contribution < -0.4 is 9.47 Å². The van der Waals surface area contributed by atoms with Crippen LogP contribution in [0.1, 0.15) is 34.7 Å². The van der Waals surface area contributed by atoms with Gasteiger partial charge < -0.3 is 14.6 Å². The van der Waals surface area contributed by atoms with Gasteiger partial charge in [-0.3, -0.25) is 9.59 Å². The van der Waals surface area contributed by atoms with Crippen molar-refractivity contribution in [1.29, 1.82) is 0 Å². The molecule has 5 heteroatoms. The Kier molecular flexibility index (Phi) is 5.95. The lowest BCUT2D eigenvalue weighted by molar-refractivity contribution is -0.137. The molecule has 126 valence electrons. The number of carbonyl (C=O) groups excluding carboxylic acids is 1. The van der Waals surface area contributed by atoms with Gasteiger partial charge in [-0.15, -0.1) is 0 Å². The summed E-state index contributed by atoms with van der Waals surface area (Å²) in [5.74, 6) is -0.189. The number of hydrogen-bond acceptors (Lipinski definition) is 4. The van der Waals surface area contributed by atoms with Crippen LogP contribution in [0.15, 0.2) is 48.5 Å². The van der Waals surface area contributed by atoms with Gasteiger partial charge >= 0.3 is 5.97 Å². The van der Waals surface area contributed by atoms with Crippen LogP contribution in [0.25, 0.3) is 0 Å². The molecule has 2 aromatic rings. The van der Waals surface area contributed by atoms with Crippen LogP contribution in [-0.2, 0) is 4.79 Å². The Morgan fingerprint density at radius 1 is 0.917 bits per heavy atom. The quantitative estimate of drug-likeness (QED) is 0.750. The van der Waals surface area contributed by atoms with Crippen molar-refractivity contribution in [3.63, 3.8) is 0 Å². The van der Waals surface area contributed by atoms with Gasteiger partial charge in [0.2, 0.25) is 0 Å². The summed E-state index contributed by atoms with van der Waals surface area (Å²) in [6.07, 6.45) is 0.172. The van der Waals surface area contributed by atoms with Gasteiger partial charge in [0, 0.05) is 17.9 Å². The largest absolute Gasteiger partial charge is 0.497 e. The van der Waals surface area contributed by atoms with E-state index in [4.69, 9.17) is 14.6 Å². The first-order valence-corrected chi connectivity index (χ1v) is 7.59. The van der Waals surface area contributed by atoms with Gasteiger partial charge in [-0.2, -0.15) is 0 Å². The van der Waals surface area contributed by atoms with E-state index in [0.29, 0.717) is 17.1 Å². The molecule has 0 bridgehead atoms. The van der Waals surface area contributed by atoms with E-state index in [1.807, 2.05) is 0 Å². The van der Waals surface area contributed by atoms with Crippen molar-refractivity contribution in [2.45, 2.75) is 18.8 Å². The van der Waals surface area contributed by atoms with Crippen LogP contribution in [0.4, 0.5) is 0 Å². The van der Waals surface area contributed by atoms with E-state index < -0.39 is 11.9 Å². The Balaban J connectivity index is 2.28. The van der Waals surface area contributed by atoms with Crippen LogP contribution in [0.3, 0.4) is 0 Å². The van der Waals surface area contributed by atoms with E-state index in [9.17, 15) is 9.59 Å². The molecular formula is C19H20O5. The predicted molar refractivity (Wildman–Crippen MR) is 89.9 cm³/mol. The molecule has 0 saturated carbocycles. The number of Topliss-reactive ketones (excluding diaryl/α,β-unsaturated/α-hetero) is 1. The Bertz CT molecular complexity index is 689. The van der Waals surface area contributed by atoms with Crippen LogP contribution in [-0.4, -0.2) is 31.1 Å². The number of ketones is 1. The van der Waals surface area contributed by atoms with E-state index in [-0.39, 0.29) is 18.6 Å². The number of methoxy groups -OCH3 is 2. The van der Waals surface area contributed by atoms with Gasteiger partial charge in [-0.05, 0) is 48.4 Å². The number of rotatable bonds is 8. The predicted octanol–water partition coefficient (Wildman–Crippen LogP) is 3.54. The van der Waals surface area contributed by atoms with E-state index in [0.717, 1.165) is 5.56 Å². The summed E-state index contributed by atoms with van der Waals surface area (Å²) in [4.78, 5) is 23.8. The van der Waals surface area contributed by atoms with E-state index in [1.54, 1.807) is 62.8 Å². The zero-order chi connectivity index (χ0) is 17.5. The van der Waals surface area contributed by atoms with Gasteiger partial charge in [-0.25, -0.2) is 0 Å². The summed E-state index contributed by atoms with van der Waals surface area (Å²) >= 11 is 0. The molecular weight excluding hydrogens is 308 g/mol. The highest BCUT2D eigenvalue weighted by Gasteiger charge is 2.23. The number of hydrogen-bond donors (Lipinski definition) is 1. The molecule has 1 atom stereocenters. The number of carbonyl (C=O) groups is 2. The lowest BCUT2D eigenvalue weighted by atomic mass is 9.87. The lowest BCUT2D eigenvalue weighted by Crippen LogP contribution is -2.15. The molecule has 1 unspecified atom stereocenters. The summed E-state index contributed by atoms with van der Waals surface area (Å²) in [5.41, 5.74) is 1.31. The molecule has 0 amide bonds. The van der Waals surface area contributed by atoms with Gasteiger partial charge in [-0.1, -0.05) is 12.1 Å². The minimum absolute atomic E-state index is 0.0708. The van der Waals surface area contributed by atoms with Crippen molar-refractivity contribution in [3.8, 4) is 11.5 Å². The molecule has 0 aromatic heterocycles. The van der Waals surface area contributed by atoms with Crippen LogP contribution in [0, 0.1) is 0 Å². The maximum atomic E-state index is 12.8. The minimum atomic E-state index is -0.920. The fraction of sp³-hybridized carbons (Fsp3) is 0.263. The minimum Gasteiger partial charge on any atom is -0.497 e. The van der Waals surface area contributed by atoms with E-state index in [1.165, 1.54) is 0 Å². The number of carboxylic acids is 1. The molecule has 2 rings (SSSR count). The molecule has 0 fully saturated rings. The molecule has 0 saturated heterocycles. The number of ether oxygens (including phenoxy) is 2. The van der Waals surface area contributed by atoms with Crippen molar-refractivity contribution in [1.82, 2.24) is 0 Å². The third kappa shape index (κ3) is 4.35. The average molecular weight is 328 g/mol. The second-order valence-electron chi connectivity index (χ2n) is 5.35. The third-order valence-corrected chi connectivity index (χ3v) is 3.86. The fourth-order valence-electron chi connectivity index (χ4n) is 2.51. The second kappa shape index (κ2) is 8.15.